The van der Waals surface area contributed by atoms with E-state index in [0.29, 0.717) is 33.8 Å². The highest BCUT2D eigenvalue weighted by Gasteiger charge is 2.27. The molecule has 1 atom stereocenters. The first-order valence-corrected chi connectivity index (χ1v) is 14.0. The summed E-state index contributed by atoms with van der Waals surface area (Å²) in [7, 11) is 1.53. The van der Waals surface area contributed by atoms with Crippen LogP contribution < -0.4 is 15.6 Å². The minimum absolute atomic E-state index is 0.0734. The first kappa shape index (κ1) is 27.8. The lowest BCUT2D eigenvalue weighted by Crippen LogP contribution is -2.32. The fourth-order valence-corrected chi connectivity index (χ4v) is 5.27. The fraction of sp³-hybridized carbons (Fsp3) is 0.188. The Morgan fingerprint density at radius 1 is 0.976 bits per heavy atom. The largest absolute Gasteiger partial charge is 0.494 e. The van der Waals surface area contributed by atoms with E-state index in [1.165, 1.54) is 29.9 Å². The van der Waals surface area contributed by atoms with E-state index >= 15 is 0 Å². The number of carbonyl (C=O) groups excluding carboxylic acids is 2. The summed E-state index contributed by atoms with van der Waals surface area (Å²) in [5, 5.41) is 6.05. The van der Waals surface area contributed by atoms with E-state index in [1.54, 1.807) is 12.1 Å². The van der Waals surface area contributed by atoms with Gasteiger partial charge in [-0.2, -0.15) is 0 Å². The molecule has 0 saturated heterocycles. The number of nitrogens with one attached hydrogen (secondary N) is 1. The van der Waals surface area contributed by atoms with Crippen molar-refractivity contribution in [2.45, 2.75) is 26.9 Å². The summed E-state index contributed by atoms with van der Waals surface area (Å²) in [6.07, 6.45) is -1.15. The molecule has 1 unspecified atom stereocenters. The van der Waals surface area contributed by atoms with Gasteiger partial charge in [-0.25, -0.2) is 9.78 Å². The molecular formula is C32H29N3O5S. The van der Waals surface area contributed by atoms with Gasteiger partial charge in [0.2, 0.25) is 0 Å². The molecular weight excluding hydrogens is 538 g/mol. The van der Waals surface area contributed by atoms with Gasteiger partial charge in [0.25, 0.3) is 11.5 Å². The van der Waals surface area contributed by atoms with Crippen molar-refractivity contribution >= 4 is 39.1 Å². The van der Waals surface area contributed by atoms with Crippen molar-refractivity contribution in [3.63, 3.8) is 0 Å². The van der Waals surface area contributed by atoms with Crippen LogP contribution in [0.3, 0.4) is 0 Å². The van der Waals surface area contributed by atoms with Gasteiger partial charge in [0, 0.05) is 28.9 Å². The Balaban J connectivity index is 1.38. The molecule has 208 valence electrons. The number of ether oxygens (including phenoxy) is 2. The number of anilines is 1. The highest BCUT2D eigenvalue weighted by Crippen LogP contribution is 2.32. The van der Waals surface area contributed by atoms with E-state index in [4.69, 9.17) is 9.47 Å². The third kappa shape index (κ3) is 5.76. The summed E-state index contributed by atoms with van der Waals surface area (Å²) in [6, 6.07) is 22.4. The van der Waals surface area contributed by atoms with Gasteiger partial charge in [-0.15, -0.1) is 11.3 Å². The van der Waals surface area contributed by atoms with Crippen LogP contribution in [0.15, 0.2) is 83.0 Å². The lowest BCUT2D eigenvalue weighted by Gasteiger charge is -2.19. The van der Waals surface area contributed by atoms with Crippen LogP contribution in [-0.2, 0) is 16.6 Å². The number of aryl methyl sites for hydroxylation is 1. The van der Waals surface area contributed by atoms with Crippen molar-refractivity contribution in [1.29, 1.82) is 0 Å². The summed E-state index contributed by atoms with van der Waals surface area (Å²) in [5.74, 6) is -0.540. The van der Waals surface area contributed by atoms with E-state index in [2.05, 4.69) is 10.3 Å². The maximum absolute atomic E-state index is 13.6. The zero-order chi connectivity index (χ0) is 29.1. The third-order valence-corrected chi connectivity index (χ3v) is 7.44. The van der Waals surface area contributed by atoms with Gasteiger partial charge >= 0.3 is 5.97 Å². The average Bonchev–Trinajstić information content (AvgIpc) is 3.44. The van der Waals surface area contributed by atoms with Crippen molar-refractivity contribution in [3.8, 4) is 28.1 Å². The highest BCUT2D eigenvalue weighted by atomic mass is 32.1. The number of thiazole rings is 1. The van der Waals surface area contributed by atoms with Crippen LogP contribution in [0.25, 0.3) is 33.2 Å². The number of fused-ring (bicyclic) bond motifs is 1. The number of benzene rings is 3. The highest BCUT2D eigenvalue weighted by molar-refractivity contribution is 7.14. The maximum Gasteiger partial charge on any atom is 0.356 e. The predicted octanol–water partition coefficient (Wildman–Crippen LogP) is 6.22. The lowest BCUT2D eigenvalue weighted by atomic mass is 9.96. The SMILES string of the molecule is CCOc1ccc(-c2csc(NC(=O)C(C)OC(=O)c3c(-c4ccc(C)cc4)c4ccccc4c(=O)n3C)n2)cc1. The van der Waals surface area contributed by atoms with E-state index < -0.39 is 18.0 Å². The second-order valence-corrected chi connectivity index (χ2v) is 10.4. The number of nitrogens with zero attached hydrogens (tertiary/aromatic N) is 2. The minimum Gasteiger partial charge on any atom is -0.494 e. The number of amides is 1. The summed E-state index contributed by atoms with van der Waals surface area (Å²) < 4.78 is 12.4. The number of rotatable bonds is 8. The molecule has 0 bridgehead atoms. The van der Waals surface area contributed by atoms with Crippen molar-refractivity contribution in [1.82, 2.24) is 9.55 Å². The summed E-state index contributed by atoms with van der Waals surface area (Å²) in [5.41, 5.74) is 3.72. The zero-order valence-electron chi connectivity index (χ0n) is 23.1. The topological polar surface area (TPSA) is 99.5 Å². The molecule has 0 aliphatic heterocycles. The number of pyridine rings is 1. The van der Waals surface area contributed by atoms with E-state index in [0.717, 1.165) is 22.4 Å². The Hall–Kier alpha value is -4.76. The normalized spacial score (nSPS) is 11.7. The van der Waals surface area contributed by atoms with E-state index in [-0.39, 0.29) is 11.3 Å². The molecule has 0 aliphatic carbocycles. The summed E-state index contributed by atoms with van der Waals surface area (Å²) in [6.45, 7) is 5.97. The Kier molecular flexibility index (Phi) is 7.98. The fourth-order valence-electron chi connectivity index (χ4n) is 4.55. The molecule has 2 aromatic heterocycles. The van der Waals surface area contributed by atoms with Crippen LogP contribution in [0.2, 0.25) is 0 Å². The Morgan fingerprint density at radius 3 is 2.32 bits per heavy atom. The smallest absolute Gasteiger partial charge is 0.356 e. The molecule has 0 saturated carbocycles. The second-order valence-electron chi connectivity index (χ2n) is 9.53. The number of esters is 1. The molecule has 0 radical (unpaired) electrons. The molecule has 5 rings (SSSR count). The number of hydrogen-bond acceptors (Lipinski definition) is 7. The van der Waals surface area contributed by atoms with Gasteiger partial charge in [0.05, 0.1) is 12.3 Å². The molecule has 1 amide bonds. The number of hydrogen-bond donors (Lipinski definition) is 1. The van der Waals surface area contributed by atoms with Crippen molar-refractivity contribution in [2.75, 3.05) is 11.9 Å². The quantitative estimate of drug-likeness (QED) is 0.224. The predicted molar refractivity (Wildman–Crippen MR) is 162 cm³/mol. The summed E-state index contributed by atoms with van der Waals surface area (Å²) >= 11 is 1.27. The van der Waals surface area contributed by atoms with Crippen molar-refractivity contribution in [2.24, 2.45) is 7.05 Å². The van der Waals surface area contributed by atoms with Gasteiger partial charge in [-0.1, -0.05) is 48.0 Å². The Labute approximate surface area is 241 Å². The van der Waals surface area contributed by atoms with Gasteiger partial charge in [0.1, 0.15) is 11.4 Å². The Morgan fingerprint density at radius 2 is 1.63 bits per heavy atom. The maximum atomic E-state index is 13.6. The molecule has 0 spiro atoms. The average molecular weight is 568 g/mol. The molecule has 2 heterocycles. The second kappa shape index (κ2) is 11.8. The molecule has 5 aromatic rings. The van der Waals surface area contributed by atoms with Crippen LogP contribution in [0.4, 0.5) is 5.13 Å². The molecule has 41 heavy (non-hydrogen) atoms. The van der Waals surface area contributed by atoms with Gasteiger partial charge in [-0.05, 0) is 62.1 Å². The van der Waals surface area contributed by atoms with Crippen molar-refractivity contribution in [3.05, 3.63) is 99.8 Å². The van der Waals surface area contributed by atoms with Crippen LogP contribution in [0.5, 0.6) is 5.75 Å². The van der Waals surface area contributed by atoms with Crippen LogP contribution in [0, 0.1) is 6.92 Å². The monoisotopic (exact) mass is 567 g/mol. The molecule has 0 aliphatic rings. The summed E-state index contributed by atoms with van der Waals surface area (Å²) in [4.78, 5) is 44.2. The molecule has 9 heteroatoms. The van der Waals surface area contributed by atoms with Gasteiger partial charge in [-0.3, -0.25) is 14.9 Å². The molecule has 8 nitrogen and oxygen atoms in total. The van der Waals surface area contributed by atoms with E-state index in [9.17, 15) is 14.4 Å². The lowest BCUT2D eigenvalue weighted by molar-refractivity contribution is -0.123. The Bertz CT molecular complexity index is 1790. The van der Waals surface area contributed by atoms with Crippen molar-refractivity contribution < 1.29 is 19.1 Å². The standard InChI is InChI=1S/C32H29N3O5S/c1-5-39-23-16-14-21(15-17-23)26-18-41-32(33-26)34-29(36)20(3)40-31(38)28-27(22-12-10-19(2)11-13-22)24-8-6-7-9-25(24)30(37)35(28)4/h6-18,20H,5H2,1-4H3,(H,33,34,36). The van der Waals surface area contributed by atoms with Gasteiger partial charge < -0.3 is 14.0 Å². The molecule has 1 N–H and O–H groups in total. The third-order valence-electron chi connectivity index (χ3n) is 6.69. The number of aromatic nitrogens is 2. The van der Waals surface area contributed by atoms with Crippen LogP contribution >= 0.6 is 11.3 Å². The first-order chi connectivity index (χ1) is 19.8. The molecule has 0 fully saturated rings. The first-order valence-electron chi connectivity index (χ1n) is 13.2. The molecule has 3 aromatic carbocycles. The zero-order valence-corrected chi connectivity index (χ0v) is 24.0. The van der Waals surface area contributed by atoms with Gasteiger partial charge in [0.15, 0.2) is 11.2 Å². The number of carbonyl (C=O) groups is 2. The van der Waals surface area contributed by atoms with Crippen LogP contribution in [-0.4, -0.2) is 34.1 Å². The minimum atomic E-state index is -1.15. The van der Waals surface area contributed by atoms with Crippen LogP contribution in [0.1, 0.15) is 29.9 Å². The van der Waals surface area contributed by atoms with E-state index in [1.807, 2.05) is 79.9 Å².